The van der Waals surface area contributed by atoms with E-state index in [1.54, 1.807) is 0 Å². The first-order valence-corrected chi connectivity index (χ1v) is 4.98. The van der Waals surface area contributed by atoms with Gasteiger partial charge in [-0.15, -0.1) is 0 Å². The van der Waals surface area contributed by atoms with E-state index in [4.69, 9.17) is 9.47 Å². The lowest BCUT2D eigenvalue weighted by atomic mass is 10.3. The Hall–Kier alpha value is -0.570. The van der Waals surface area contributed by atoms with Gasteiger partial charge < -0.3 is 9.47 Å². The zero-order valence-electron chi connectivity index (χ0n) is 8.67. The smallest absolute Gasteiger partial charge is 0.302 e. The Morgan fingerprint density at radius 2 is 1.69 bits per heavy atom. The SMILES string of the molecule is CCCCOCCCCOC(C)=O. The summed E-state index contributed by atoms with van der Waals surface area (Å²) in [6.45, 7) is 5.72. The number of carbonyl (C=O) groups is 1. The number of hydrogen-bond donors (Lipinski definition) is 0. The quantitative estimate of drug-likeness (QED) is 0.432. The Kier molecular flexibility index (Phi) is 9.10. The molecule has 0 radical (unpaired) electrons. The molecule has 13 heavy (non-hydrogen) atoms. The molecule has 0 heterocycles. The topological polar surface area (TPSA) is 35.5 Å². The van der Waals surface area contributed by atoms with Crippen molar-refractivity contribution in [3.05, 3.63) is 0 Å². The van der Waals surface area contributed by atoms with Gasteiger partial charge in [0.05, 0.1) is 6.61 Å². The zero-order chi connectivity index (χ0) is 9.94. The summed E-state index contributed by atoms with van der Waals surface area (Å²) >= 11 is 0. The van der Waals surface area contributed by atoms with Gasteiger partial charge in [0.1, 0.15) is 0 Å². The lowest BCUT2D eigenvalue weighted by Gasteiger charge is -2.03. The highest BCUT2D eigenvalue weighted by Gasteiger charge is 1.93. The molecule has 0 bridgehead atoms. The highest BCUT2D eigenvalue weighted by Crippen LogP contribution is 1.94. The van der Waals surface area contributed by atoms with E-state index < -0.39 is 0 Å². The lowest BCUT2D eigenvalue weighted by molar-refractivity contribution is -0.141. The summed E-state index contributed by atoms with van der Waals surface area (Å²) < 4.78 is 10.1. The molecule has 0 unspecified atom stereocenters. The van der Waals surface area contributed by atoms with E-state index in [9.17, 15) is 4.79 Å². The number of unbranched alkanes of at least 4 members (excludes halogenated alkanes) is 2. The van der Waals surface area contributed by atoms with Crippen LogP contribution >= 0.6 is 0 Å². The largest absolute Gasteiger partial charge is 0.466 e. The van der Waals surface area contributed by atoms with Crippen LogP contribution in [0.4, 0.5) is 0 Å². The van der Waals surface area contributed by atoms with Crippen LogP contribution in [0.5, 0.6) is 0 Å². The predicted molar refractivity (Wildman–Crippen MR) is 51.6 cm³/mol. The van der Waals surface area contributed by atoms with Gasteiger partial charge in [-0.2, -0.15) is 0 Å². The zero-order valence-corrected chi connectivity index (χ0v) is 8.67. The summed E-state index contributed by atoms with van der Waals surface area (Å²) in [6.07, 6.45) is 4.17. The van der Waals surface area contributed by atoms with Gasteiger partial charge >= 0.3 is 5.97 Å². The van der Waals surface area contributed by atoms with Crippen molar-refractivity contribution >= 4 is 5.97 Å². The van der Waals surface area contributed by atoms with Gasteiger partial charge in [0.25, 0.3) is 0 Å². The van der Waals surface area contributed by atoms with Crippen molar-refractivity contribution in [3.63, 3.8) is 0 Å². The second-order valence-electron chi connectivity index (χ2n) is 3.01. The summed E-state index contributed by atoms with van der Waals surface area (Å²) in [5.41, 5.74) is 0. The van der Waals surface area contributed by atoms with E-state index >= 15 is 0 Å². The minimum absolute atomic E-state index is 0.202. The van der Waals surface area contributed by atoms with Crippen molar-refractivity contribution in [2.24, 2.45) is 0 Å². The Balaban J connectivity index is 2.87. The normalized spacial score (nSPS) is 10.0. The molecule has 0 rings (SSSR count). The molecule has 0 aliphatic heterocycles. The van der Waals surface area contributed by atoms with E-state index in [0.717, 1.165) is 32.5 Å². The Morgan fingerprint density at radius 1 is 1.08 bits per heavy atom. The summed E-state index contributed by atoms with van der Waals surface area (Å²) in [5.74, 6) is -0.202. The second kappa shape index (κ2) is 9.52. The van der Waals surface area contributed by atoms with E-state index in [2.05, 4.69) is 6.92 Å². The van der Waals surface area contributed by atoms with Crippen LogP contribution in [0.15, 0.2) is 0 Å². The van der Waals surface area contributed by atoms with Gasteiger partial charge in [-0.1, -0.05) is 13.3 Å². The summed E-state index contributed by atoms with van der Waals surface area (Å²) in [5, 5.41) is 0. The minimum Gasteiger partial charge on any atom is -0.466 e. The molecule has 0 fully saturated rings. The number of carbonyl (C=O) groups excluding carboxylic acids is 1. The maximum atomic E-state index is 10.4. The van der Waals surface area contributed by atoms with Crippen LogP contribution in [0.25, 0.3) is 0 Å². The van der Waals surface area contributed by atoms with Crippen LogP contribution in [-0.4, -0.2) is 25.8 Å². The van der Waals surface area contributed by atoms with E-state index in [0.29, 0.717) is 6.61 Å². The van der Waals surface area contributed by atoms with Gasteiger partial charge in [0, 0.05) is 20.1 Å². The molecule has 0 saturated carbocycles. The van der Waals surface area contributed by atoms with Crippen molar-refractivity contribution in [2.45, 2.75) is 39.5 Å². The van der Waals surface area contributed by atoms with Crippen LogP contribution in [0.3, 0.4) is 0 Å². The molecule has 0 aromatic rings. The van der Waals surface area contributed by atoms with Gasteiger partial charge in [-0.3, -0.25) is 4.79 Å². The van der Waals surface area contributed by atoms with Crippen LogP contribution in [0.2, 0.25) is 0 Å². The fourth-order valence-electron chi connectivity index (χ4n) is 0.871. The summed E-state index contributed by atoms with van der Waals surface area (Å²) in [6, 6.07) is 0. The Labute approximate surface area is 80.4 Å². The molecular weight excluding hydrogens is 168 g/mol. The van der Waals surface area contributed by atoms with Crippen LogP contribution < -0.4 is 0 Å². The molecule has 3 heteroatoms. The number of ether oxygens (including phenoxy) is 2. The lowest BCUT2D eigenvalue weighted by Crippen LogP contribution is -2.02. The van der Waals surface area contributed by atoms with Crippen LogP contribution in [0.1, 0.15) is 39.5 Å². The van der Waals surface area contributed by atoms with Gasteiger partial charge in [0.15, 0.2) is 0 Å². The first-order chi connectivity index (χ1) is 6.27. The molecule has 0 N–H and O–H groups in total. The third-order valence-electron chi connectivity index (χ3n) is 1.63. The molecule has 0 amide bonds. The van der Waals surface area contributed by atoms with Crippen molar-refractivity contribution < 1.29 is 14.3 Å². The first-order valence-electron chi connectivity index (χ1n) is 4.98. The average molecular weight is 188 g/mol. The predicted octanol–water partition coefficient (Wildman–Crippen LogP) is 2.15. The molecule has 0 aromatic heterocycles. The minimum atomic E-state index is -0.202. The van der Waals surface area contributed by atoms with Crippen LogP contribution in [0, 0.1) is 0 Å². The third kappa shape index (κ3) is 11.4. The molecule has 0 atom stereocenters. The monoisotopic (exact) mass is 188 g/mol. The number of hydrogen-bond acceptors (Lipinski definition) is 3. The van der Waals surface area contributed by atoms with Gasteiger partial charge in [0.2, 0.25) is 0 Å². The Morgan fingerprint density at radius 3 is 2.31 bits per heavy atom. The molecule has 0 aliphatic carbocycles. The molecule has 0 saturated heterocycles. The van der Waals surface area contributed by atoms with Crippen LogP contribution in [-0.2, 0) is 14.3 Å². The van der Waals surface area contributed by atoms with Crippen molar-refractivity contribution in [1.29, 1.82) is 0 Å². The fourth-order valence-corrected chi connectivity index (χ4v) is 0.871. The van der Waals surface area contributed by atoms with Crippen molar-refractivity contribution in [3.8, 4) is 0 Å². The van der Waals surface area contributed by atoms with Crippen molar-refractivity contribution in [2.75, 3.05) is 19.8 Å². The first kappa shape index (κ1) is 12.4. The molecule has 3 nitrogen and oxygen atoms in total. The standard InChI is InChI=1S/C10H20O3/c1-3-4-7-12-8-5-6-9-13-10(2)11/h3-9H2,1-2H3. The molecule has 0 spiro atoms. The van der Waals surface area contributed by atoms with E-state index in [1.165, 1.54) is 13.3 Å². The average Bonchev–Trinajstić information content (AvgIpc) is 2.09. The molecule has 0 aliphatic rings. The molecular formula is C10H20O3. The summed E-state index contributed by atoms with van der Waals surface area (Å²) in [7, 11) is 0. The molecule has 0 aromatic carbocycles. The highest BCUT2D eigenvalue weighted by atomic mass is 16.5. The maximum absolute atomic E-state index is 10.4. The van der Waals surface area contributed by atoms with Crippen molar-refractivity contribution in [1.82, 2.24) is 0 Å². The van der Waals surface area contributed by atoms with Gasteiger partial charge in [-0.05, 0) is 19.3 Å². The second-order valence-corrected chi connectivity index (χ2v) is 3.01. The summed E-state index contributed by atoms with van der Waals surface area (Å²) in [4.78, 5) is 10.4. The highest BCUT2D eigenvalue weighted by molar-refractivity contribution is 5.65. The maximum Gasteiger partial charge on any atom is 0.302 e. The number of rotatable bonds is 8. The van der Waals surface area contributed by atoms with Gasteiger partial charge in [-0.25, -0.2) is 0 Å². The third-order valence-corrected chi connectivity index (χ3v) is 1.63. The number of esters is 1. The fraction of sp³-hybridized carbons (Fsp3) is 0.900. The van der Waals surface area contributed by atoms with E-state index in [1.807, 2.05) is 0 Å². The Bertz CT molecular complexity index is 123. The molecule has 78 valence electrons. The van der Waals surface area contributed by atoms with E-state index in [-0.39, 0.29) is 5.97 Å².